The monoisotopic (exact) mass is 418 g/mol. The van der Waals surface area contributed by atoms with Gasteiger partial charge in [-0.1, -0.05) is 22.0 Å². The number of benzene rings is 2. The number of hydrogen-bond acceptors (Lipinski definition) is 3. The second-order valence-electron chi connectivity index (χ2n) is 5.36. The number of hydrogen-bond donors (Lipinski definition) is 1. The maximum absolute atomic E-state index is 14.2. The second kappa shape index (κ2) is 8.05. The molecule has 1 N–H and O–H groups in total. The Morgan fingerprint density at radius 2 is 1.96 bits per heavy atom. The van der Waals surface area contributed by atoms with E-state index in [1.54, 1.807) is 24.4 Å². The lowest BCUT2D eigenvalue weighted by Crippen LogP contribution is -2.23. The Morgan fingerprint density at radius 1 is 1.12 bits per heavy atom. The van der Waals surface area contributed by atoms with Crippen molar-refractivity contribution < 1.29 is 18.3 Å². The Bertz CT molecular complexity index is 936. The van der Waals surface area contributed by atoms with Gasteiger partial charge in [-0.25, -0.2) is 8.78 Å². The molecule has 2 aromatic carbocycles. The van der Waals surface area contributed by atoms with E-state index >= 15 is 0 Å². The molecule has 0 bridgehead atoms. The predicted octanol–water partition coefficient (Wildman–Crippen LogP) is 4.84. The summed E-state index contributed by atoms with van der Waals surface area (Å²) >= 11 is 3.19. The highest BCUT2D eigenvalue weighted by atomic mass is 79.9. The summed E-state index contributed by atoms with van der Waals surface area (Å²) in [5.74, 6) is -1.32. The molecule has 0 saturated heterocycles. The summed E-state index contributed by atoms with van der Waals surface area (Å²) in [7, 11) is 0. The zero-order valence-corrected chi connectivity index (χ0v) is 15.0. The van der Waals surface area contributed by atoms with E-state index in [9.17, 15) is 13.6 Å². The number of ether oxygens (including phenoxy) is 1. The Hall–Kier alpha value is -2.80. The minimum absolute atomic E-state index is 0.0473. The van der Waals surface area contributed by atoms with Crippen LogP contribution < -0.4 is 10.1 Å². The van der Waals surface area contributed by atoms with E-state index in [0.717, 1.165) is 0 Å². The van der Waals surface area contributed by atoms with Crippen LogP contribution in [0.25, 0.3) is 0 Å². The molecule has 0 radical (unpaired) electrons. The van der Waals surface area contributed by atoms with E-state index < -0.39 is 17.5 Å². The van der Waals surface area contributed by atoms with Crippen molar-refractivity contribution in [2.75, 3.05) is 0 Å². The fraction of sp³-hybridized carbons (Fsp3) is 0.0526. The van der Waals surface area contributed by atoms with E-state index in [-0.39, 0.29) is 17.9 Å². The Morgan fingerprint density at radius 3 is 2.69 bits per heavy atom. The summed E-state index contributed by atoms with van der Waals surface area (Å²) in [5.41, 5.74) is 0.432. The molecule has 1 amide bonds. The van der Waals surface area contributed by atoms with Crippen LogP contribution in [0.2, 0.25) is 0 Å². The van der Waals surface area contributed by atoms with Crippen LogP contribution in [0.5, 0.6) is 11.5 Å². The van der Waals surface area contributed by atoms with Crippen molar-refractivity contribution in [2.24, 2.45) is 0 Å². The molecule has 1 heterocycles. The van der Waals surface area contributed by atoms with Crippen molar-refractivity contribution in [1.29, 1.82) is 0 Å². The fourth-order valence-corrected chi connectivity index (χ4v) is 2.58. The molecule has 132 valence electrons. The summed E-state index contributed by atoms with van der Waals surface area (Å²) < 4.78 is 33.9. The molecule has 0 aliphatic carbocycles. The van der Waals surface area contributed by atoms with Gasteiger partial charge in [-0.05, 0) is 48.0 Å². The number of carbonyl (C=O) groups is 1. The minimum Gasteiger partial charge on any atom is -0.453 e. The minimum atomic E-state index is -0.628. The molecule has 0 aliphatic rings. The smallest absolute Gasteiger partial charge is 0.254 e. The van der Waals surface area contributed by atoms with Crippen LogP contribution in [-0.2, 0) is 6.54 Å². The number of halogens is 3. The Kier molecular flexibility index (Phi) is 5.58. The first-order chi connectivity index (χ1) is 12.5. The van der Waals surface area contributed by atoms with Crippen LogP contribution in [0, 0.1) is 11.6 Å². The topological polar surface area (TPSA) is 51.2 Å². The zero-order chi connectivity index (χ0) is 18.5. The SMILES string of the molecule is O=C(NCc1ccc(Oc2cccnc2)c(F)c1)c1cc(Br)ccc1F. The van der Waals surface area contributed by atoms with Crippen LogP contribution in [-0.4, -0.2) is 10.9 Å². The quantitative estimate of drug-likeness (QED) is 0.644. The molecular formula is C19H13BrF2N2O2. The molecule has 4 nitrogen and oxygen atoms in total. The van der Waals surface area contributed by atoms with Gasteiger partial charge < -0.3 is 10.1 Å². The lowest BCUT2D eigenvalue weighted by molar-refractivity contribution is 0.0946. The van der Waals surface area contributed by atoms with Crippen molar-refractivity contribution in [3.05, 3.63) is 88.2 Å². The van der Waals surface area contributed by atoms with E-state index in [0.29, 0.717) is 15.8 Å². The predicted molar refractivity (Wildman–Crippen MR) is 96.0 cm³/mol. The molecule has 7 heteroatoms. The Balaban J connectivity index is 1.66. The standard InChI is InChI=1S/C19H13BrF2N2O2/c20-13-4-5-16(21)15(9-13)19(25)24-10-12-3-6-18(17(22)8-12)26-14-2-1-7-23-11-14/h1-9,11H,10H2,(H,24,25). The van der Waals surface area contributed by atoms with Crippen LogP contribution in [0.1, 0.15) is 15.9 Å². The number of amides is 1. The van der Waals surface area contributed by atoms with Crippen molar-refractivity contribution in [2.45, 2.75) is 6.54 Å². The van der Waals surface area contributed by atoms with Gasteiger partial charge in [0.25, 0.3) is 5.91 Å². The summed E-state index contributed by atoms with van der Waals surface area (Å²) in [4.78, 5) is 16.0. The van der Waals surface area contributed by atoms with Crippen LogP contribution in [0.4, 0.5) is 8.78 Å². The average Bonchev–Trinajstić information content (AvgIpc) is 2.64. The first kappa shape index (κ1) is 18.0. The molecule has 0 unspecified atom stereocenters. The van der Waals surface area contributed by atoms with Gasteiger partial charge in [0.1, 0.15) is 11.6 Å². The third-order valence-electron chi connectivity index (χ3n) is 3.48. The highest BCUT2D eigenvalue weighted by molar-refractivity contribution is 9.10. The molecule has 26 heavy (non-hydrogen) atoms. The van der Waals surface area contributed by atoms with Gasteiger partial charge >= 0.3 is 0 Å². The summed E-state index contributed by atoms with van der Waals surface area (Å²) in [5, 5.41) is 2.56. The van der Waals surface area contributed by atoms with Crippen LogP contribution >= 0.6 is 15.9 Å². The zero-order valence-electron chi connectivity index (χ0n) is 13.4. The van der Waals surface area contributed by atoms with Gasteiger partial charge in [0, 0.05) is 17.2 Å². The maximum atomic E-state index is 14.2. The fourth-order valence-electron chi connectivity index (χ4n) is 2.22. The summed E-state index contributed by atoms with van der Waals surface area (Å²) in [6.07, 6.45) is 3.06. The van der Waals surface area contributed by atoms with Gasteiger partial charge in [-0.3, -0.25) is 9.78 Å². The highest BCUT2D eigenvalue weighted by Gasteiger charge is 2.13. The van der Waals surface area contributed by atoms with Crippen molar-refractivity contribution in [3.8, 4) is 11.5 Å². The van der Waals surface area contributed by atoms with Crippen molar-refractivity contribution in [3.63, 3.8) is 0 Å². The first-order valence-corrected chi connectivity index (χ1v) is 8.42. The number of aromatic nitrogens is 1. The molecule has 3 rings (SSSR count). The molecular weight excluding hydrogens is 406 g/mol. The number of pyridine rings is 1. The van der Waals surface area contributed by atoms with Crippen molar-refractivity contribution >= 4 is 21.8 Å². The average molecular weight is 419 g/mol. The lowest BCUT2D eigenvalue weighted by atomic mass is 10.1. The number of rotatable bonds is 5. The van der Waals surface area contributed by atoms with Gasteiger partial charge in [0.2, 0.25) is 0 Å². The number of nitrogens with one attached hydrogen (secondary N) is 1. The molecule has 0 spiro atoms. The number of carbonyl (C=O) groups excluding carboxylic acids is 1. The van der Waals surface area contributed by atoms with E-state index in [2.05, 4.69) is 26.2 Å². The van der Waals surface area contributed by atoms with Gasteiger partial charge in [-0.2, -0.15) is 0 Å². The molecule has 0 atom stereocenters. The normalized spacial score (nSPS) is 10.4. The van der Waals surface area contributed by atoms with Gasteiger partial charge in [0.15, 0.2) is 11.6 Å². The summed E-state index contributed by atoms with van der Waals surface area (Å²) in [6, 6.07) is 11.8. The van der Waals surface area contributed by atoms with Crippen LogP contribution in [0.3, 0.4) is 0 Å². The largest absolute Gasteiger partial charge is 0.453 e. The maximum Gasteiger partial charge on any atom is 0.254 e. The van der Waals surface area contributed by atoms with Gasteiger partial charge in [0.05, 0.1) is 11.8 Å². The molecule has 0 aliphatic heterocycles. The molecule has 3 aromatic rings. The lowest BCUT2D eigenvalue weighted by Gasteiger charge is -2.09. The van der Waals surface area contributed by atoms with Crippen molar-refractivity contribution in [1.82, 2.24) is 10.3 Å². The van der Waals surface area contributed by atoms with E-state index in [4.69, 9.17) is 4.74 Å². The molecule has 1 aromatic heterocycles. The third kappa shape index (κ3) is 4.43. The van der Waals surface area contributed by atoms with Gasteiger partial charge in [-0.15, -0.1) is 0 Å². The Labute approximate surface area is 157 Å². The third-order valence-corrected chi connectivity index (χ3v) is 3.98. The highest BCUT2D eigenvalue weighted by Crippen LogP contribution is 2.24. The van der Waals surface area contributed by atoms with E-state index in [1.807, 2.05) is 0 Å². The number of nitrogens with zero attached hydrogens (tertiary/aromatic N) is 1. The molecule has 0 fully saturated rings. The summed E-state index contributed by atoms with van der Waals surface area (Å²) in [6.45, 7) is 0.0505. The second-order valence-corrected chi connectivity index (χ2v) is 6.28. The van der Waals surface area contributed by atoms with Crippen LogP contribution in [0.15, 0.2) is 65.4 Å². The van der Waals surface area contributed by atoms with E-state index in [1.165, 1.54) is 36.5 Å². The molecule has 0 saturated carbocycles. The first-order valence-electron chi connectivity index (χ1n) is 7.62.